The number of unbranched alkanes of at least 4 members (excludes halogenated alkanes) is 39. The first-order valence-corrected chi connectivity index (χ1v) is 24.6. The Hall–Kier alpha value is -0.610. The van der Waals surface area contributed by atoms with Crippen LogP contribution in [0.25, 0.3) is 0 Å². The van der Waals surface area contributed by atoms with Crippen molar-refractivity contribution in [1.82, 2.24) is 0 Å². The van der Waals surface area contributed by atoms with Crippen LogP contribution in [0.2, 0.25) is 0 Å². The monoisotopic (exact) mass is 751 g/mol. The first kappa shape index (κ1) is 52.4. The van der Waals surface area contributed by atoms with Crippen molar-refractivity contribution in [3.63, 3.8) is 0 Å². The highest BCUT2D eigenvalue weighted by Crippen LogP contribution is 2.17. The van der Waals surface area contributed by atoms with E-state index in [1.807, 2.05) is 0 Å². The molecule has 318 valence electrons. The van der Waals surface area contributed by atoms with Gasteiger partial charge in [0.25, 0.3) is 0 Å². The largest absolute Gasteiger partial charge is 0.457 e. The molecule has 0 spiro atoms. The van der Waals surface area contributed by atoms with E-state index in [-0.39, 0.29) is 12.6 Å². The van der Waals surface area contributed by atoms with Crippen LogP contribution in [0.4, 0.5) is 0 Å². The Bertz CT molecular complexity index is 667. The second-order valence-electron chi connectivity index (χ2n) is 16.9. The van der Waals surface area contributed by atoms with Gasteiger partial charge in [-0.25, -0.2) is 0 Å². The fourth-order valence-corrected chi connectivity index (χ4v) is 7.74. The summed E-state index contributed by atoms with van der Waals surface area (Å²) in [5.74, 6) is -0.191. The molecule has 0 aliphatic heterocycles. The first-order chi connectivity index (χ1) is 26.2. The minimum Gasteiger partial charge on any atom is -0.457 e. The van der Waals surface area contributed by atoms with Gasteiger partial charge in [-0.1, -0.05) is 264 Å². The average Bonchev–Trinajstić information content (AvgIpc) is 3.16. The maximum atomic E-state index is 12.2. The topological polar surface area (TPSA) is 55.8 Å². The Labute approximate surface area is 333 Å². The van der Waals surface area contributed by atoms with Crippen LogP contribution in [-0.2, 0) is 14.3 Å². The van der Waals surface area contributed by atoms with Gasteiger partial charge in [0, 0.05) is 13.0 Å². The number of aliphatic hydroxyl groups excluding tert-OH is 1. The van der Waals surface area contributed by atoms with Crippen LogP contribution in [0.15, 0.2) is 0 Å². The highest BCUT2D eigenvalue weighted by atomic mass is 16.6. The minimum atomic E-state index is -0.525. The van der Waals surface area contributed by atoms with E-state index in [1.165, 1.54) is 244 Å². The van der Waals surface area contributed by atoms with Crippen LogP contribution >= 0.6 is 0 Å². The van der Waals surface area contributed by atoms with E-state index in [9.17, 15) is 9.90 Å². The van der Waals surface area contributed by atoms with Crippen molar-refractivity contribution in [1.29, 1.82) is 0 Å². The molecule has 4 heteroatoms. The predicted octanol–water partition coefficient (Wildman–Crippen LogP) is 16.3. The van der Waals surface area contributed by atoms with Crippen molar-refractivity contribution < 1.29 is 19.4 Å². The highest BCUT2D eigenvalue weighted by Gasteiger charge is 2.13. The predicted molar refractivity (Wildman–Crippen MR) is 233 cm³/mol. The molecule has 0 aromatic heterocycles. The molecule has 0 heterocycles. The first-order valence-electron chi connectivity index (χ1n) is 24.6. The quantitative estimate of drug-likeness (QED) is 0.0497. The number of hydrogen-bond acceptors (Lipinski definition) is 4. The zero-order valence-electron chi connectivity index (χ0n) is 36.6. The summed E-state index contributed by atoms with van der Waals surface area (Å²) < 4.78 is 11.2. The molecular weight excluding hydrogens is 653 g/mol. The van der Waals surface area contributed by atoms with E-state index in [4.69, 9.17) is 9.47 Å². The number of aliphatic hydroxyl groups is 1. The van der Waals surface area contributed by atoms with Gasteiger partial charge in [-0.15, -0.1) is 0 Å². The van der Waals surface area contributed by atoms with Gasteiger partial charge in [-0.05, 0) is 12.8 Å². The molecule has 0 saturated carbocycles. The number of hydrogen-bond donors (Lipinski definition) is 1. The third kappa shape index (κ3) is 45.7. The molecule has 1 unspecified atom stereocenters. The maximum Gasteiger partial charge on any atom is 0.306 e. The van der Waals surface area contributed by atoms with Crippen molar-refractivity contribution >= 4 is 5.97 Å². The van der Waals surface area contributed by atoms with Gasteiger partial charge < -0.3 is 14.6 Å². The molecule has 0 aliphatic carbocycles. The van der Waals surface area contributed by atoms with Crippen molar-refractivity contribution in [2.45, 2.75) is 290 Å². The number of carbonyl (C=O) groups excluding carboxylic acids is 1. The van der Waals surface area contributed by atoms with Gasteiger partial charge in [0.1, 0.15) is 6.10 Å². The number of carbonyl (C=O) groups is 1. The van der Waals surface area contributed by atoms with E-state index in [0.29, 0.717) is 19.6 Å². The summed E-state index contributed by atoms with van der Waals surface area (Å²) in [5.41, 5.74) is 0. The van der Waals surface area contributed by atoms with E-state index >= 15 is 0 Å². The van der Waals surface area contributed by atoms with Crippen molar-refractivity contribution in [3.8, 4) is 0 Å². The van der Waals surface area contributed by atoms with Crippen LogP contribution < -0.4 is 0 Å². The molecule has 1 N–H and O–H groups in total. The molecule has 0 aromatic carbocycles. The number of esters is 1. The zero-order valence-corrected chi connectivity index (χ0v) is 36.6. The molecule has 1 atom stereocenters. The summed E-state index contributed by atoms with van der Waals surface area (Å²) in [6.45, 7) is 5.42. The summed E-state index contributed by atoms with van der Waals surface area (Å²) in [5, 5.41) is 9.63. The van der Waals surface area contributed by atoms with E-state index in [1.54, 1.807) is 0 Å². The Kier molecular flexibility index (Phi) is 47.0. The summed E-state index contributed by atoms with van der Waals surface area (Å²) in [7, 11) is 0. The fraction of sp³-hybridized carbons (Fsp3) is 0.980. The van der Waals surface area contributed by atoms with Crippen LogP contribution in [0.3, 0.4) is 0 Å². The molecule has 0 amide bonds. The molecule has 0 rings (SSSR count). The lowest BCUT2D eigenvalue weighted by Gasteiger charge is -2.16. The van der Waals surface area contributed by atoms with E-state index < -0.39 is 6.10 Å². The van der Waals surface area contributed by atoms with Crippen LogP contribution in [0, 0.1) is 0 Å². The Morgan fingerprint density at radius 2 is 0.623 bits per heavy atom. The third-order valence-electron chi connectivity index (χ3n) is 11.4. The highest BCUT2D eigenvalue weighted by molar-refractivity contribution is 5.69. The zero-order chi connectivity index (χ0) is 38.4. The lowest BCUT2D eigenvalue weighted by Crippen LogP contribution is -2.27. The molecule has 0 radical (unpaired) electrons. The smallest absolute Gasteiger partial charge is 0.306 e. The molecule has 53 heavy (non-hydrogen) atoms. The second-order valence-corrected chi connectivity index (χ2v) is 16.9. The molecule has 0 saturated heterocycles. The van der Waals surface area contributed by atoms with Crippen LogP contribution in [-0.4, -0.2) is 37.0 Å². The normalized spacial score (nSPS) is 12.1. The second kappa shape index (κ2) is 47.5. The number of ether oxygens (including phenoxy) is 2. The summed E-state index contributed by atoms with van der Waals surface area (Å²) in [6.07, 6.45) is 56.2. The summed E-state index contributed by atoms with van der Waals surface area (Å²) in [4.78, 5) is 12.2. The van der Waals surface area contributed by atoms with Gasteiger partial charge in [-0.2, -0.15) is 0 Å². The molecule has 4 nitrogen and oxygen atoms in total. The Morgan fingerprint density at radius 1 is 0.377 bits per heavy atom. The van der Waals surface area contributed by atoms with Gasteiger partial charge in [-0.3, -0.25) is 4.79 Å². The van der Waals surface area contributed by atoms with Crippen LogP contribution in [0.1, 0.15) is 284 Å². The molecule has 0 fully saturated rings. The van der Waals surface area contributed by atoms with Crippen molar-refractivity contribution in [2.24, 2.45) is 0 Å². The Morgan fingerprint density at radius 3 is 0.887 bits per heavy atom. The molecule has 0 aliphatic rings. The van der Waals surface area contributed by atoms with Crippen molar-refractivity contribution in [2.75, 3.05) is 19.8 Å². The van der Waals surface area contributed by atoms with Gasteiger partial charge in [0.05, 0.1) is 13.2 Å². The molecule has 0 bridgehead atoms. The molecular formula is C49H98O4. The standard InChI is InChI=1S/C49H98O4/c1-3-5-7-9-11-13-15-17-19-21-22-23-24-25-26-27-28-30-32-34-36-38-40-42-44-49(51)53-48(46-50)47-52-45-43-41-39-37-35-33-31-29-20-18-16-14-12-10-8-6-4-2/h48,50H,3-47H2,1-2H3. The fourth-order valence-electron chi connectivity index (χ4n) is 7.74. The lowest BCUT2D eigenvalue weighted by molar-refractivity contribution is -0.154. The molecule has 0 aromatic rings. The van der Waals surface area contributed by atoms with E-state index in [0.717, 1.165) is 19.3 Å². The maximum absolute atomic E-state index is 12.2. The number of rotatable bonds is 47. The van der Waals surface area contributed by atoms with E-state index in [2.05, 4.69) is 13.8 Å². The Balaban J connectivity index is 3.32. The lowest BCUT2D eigenvalue weighted by atomic mass is 10.0. The van der Waals surface area contributed by atoms with Gasteiger partial charge >= 0.3 is 5.97 Å². The summed E-state index contributed by atoms with van der Waals surface area (Å²) >= 11 is 0. The van der Waals surface area contributed by atoms with Gasteiger partial charge in [0.15, 0.2) is 0 Å². The average molecular weight is 751 g/mol. The SMILES string of the molecule is CCCCCCCCCCCCCCCCCCCCCCCCCCC(=O)OC(CO)COCCCCCCCCCCCCCCCCCCC. The van der Waals surface area contributed by atoms with Gasteiger partial charge in [0.2, 0.25) is 0 Å². The van der Waals surface area contributed by atoms with Crippen molar-refractivity contribution in [3.05, 3.63) is 0 Å². The third-order valence-corrected chi connectivity index (χ3v) is 11.4. The minimum absolute atomic E-state index is 0.162. The van der Waals surface area contributed by atoms with Crippen LogP contribution in [0.5, 0.6) is 0 Å². The summed E-state index contributed by atoms with van der Waals surface area (Å²) in [6, 6.07) is 0.